The number of nitrogens with zero attached hydrogens (tertiary/aromatic N) is 2. The minimum Gasteiger partial charge on any atom is -0.393 e. The number of aliphatic hydroxyl groups is 1. The number of fused-ring (bicyclic) bond motifs is 1. The highest BCUT2D eigenvalue weighted by Crippen LogP contribution is 2.19. The lowest BCUT2D eigenvalue weighted by Crippen LogP contribution is -2.39. The van der Waals surface area contributed by atoms with Crippen LogP contribution < -0.4 is 5.32 Å². The van der Waals surface area contributed by atoms with Crippen molar-refractivity contribution in [1.82, 2.24) is 20.2 Å². The second kappa shape index (κ2) is 6.98. The normalized spacial score (nSPS) is 13.9. The van der Waals surface area contributed by atoms with Crippen LogP contribution in [-0.2, 0) is 0 Å². The van der Waals surface area contributed by atoms with Crippen molar-refractivity contribution >= 4 is 28.7 Å². The van der Waals surface area contributed by atoms with Crippen molar-refractivity contribution in [1.29, 1.82) is 0 Å². The van der Waals surface area contributed by atoms with E-state index in [1.54, 1.807) is 31.0 Å². The fourth-order valence-electron chi connectivity index (χ4n) is 2.05. The molecule has 2 aromatic rings. The minimum absolute atomic E-state index is 0.202. The van der Waals surface area contributed by atoms with Gasteiger partial charge in [0.1, 0.15) is 5.82 Å². The van der Waals surface area contributed by atoms with Gasteiger partial charge in [0, 0.05) is 18.6 Å². The quantitative estimate of drug-likeness (QED) is 0.791. The maximum absolute atomic E-state index is 12.1. The zero-order valence-corrected chi connectivity index (χ0v) is 13.7. The minimum atomic E-state index is -0.423. The van der Waals surface area contributed by atoms with E-state index >= 15 is 0 Å². The molecule has 3 N–H and O–H groups in total. The van der Waals surface area contributed by atoms with E-state index in [9.17, 15) is 9.90 Å². The zero-order chi connectivity index (χ0) is 16.3. The Morgan fingerprint density at radius 1 is 1.50 bits per heavy atom. The standard InChI is InChI=1S/C15H21ClN4O2/c1-9(21)6-7-20(3)15(22)17-10(2)14-18-12-5-4-11(16)8-13(12)19-14/h4-5,8-10,21H,6-7H2,1-3H3,(H,17,22)(H,18,19). The lowest BCUT2D eigenvalue weighted by molar-refractivity contribution is 0.162. The summed E-state index contributed by atoms with van der Waals surface area (Å²) < 4.78 is 0. The van der Waals surface area contributed by atoms with E-state index in [1.165, 1.54) is 0 Å². The summed E-state index contributed by atoms with van der Waals surface area (Å²) in [6, 6.07) is 4.96. The molecule has 0 spiro atoms. The molecule has 0 aliphatic rings. The summed E-state index contributed by atoms with van der Waals surface area (Å²) in [6.07, 6.45) is 0.120. The van der Waals surface area contributed by atoms with Gasteiger partial charge in [0.15, 0.2) is 0 Å². The maximum atomic E-state index is 12.1. The molecule has 2 amide bonds. The van der Waals surface area contributed by atoms with Crippen molar-refractivity contribution in [3.63, 3.8) is 0 Å². The van der Waals surface area contributed by atoms with Crippen LogP contribution in [0.5, 0.6) is 0 Å². The summed E-state index contributed by atoms with van der Waals surface area (Å²) in [7, 11) is 1.70. The van der Waals surface area contributed by atoms with Crippen molar-refractivity contribution in [3.8, 4) is 0 Å². The number of hydrogen-bond acceptors (Lipinski definition) is 3. The highest BCUT2D eigenvalue weighted by atomic mass is 35.5. The van der Waals surface area contributed by atoms with Crippen molar-refractivity contribution in [2.24, 2.45) is 0 Å². The van der Waals surface area contributed by atoms with Crippen LogP contribution in [0.3, 0.4) is 0 Å². The van der Waals surface area contributed by atoms with Crippen LogP contribution in [0.2, 0.25) is 5.02 Å². The van der Waals surface area contributed by atoms with Gasteiger partial charge in [-0.3, -0.25) is 0 Å². The van der Waals surface area contributed by atoms with Crippen molar-refractivity contribution in [2.45, 2.75) is 32.4 Å². The Bertz CT molecular complexity index is 656. The SMILES string of the molecule is CC(O)CCN(C)C(=O)NC(C)c1nc2ccc(Cl)cc2[nH]1. The van der Waals surface area contributed by atoms with Crippen molar-refractivity contribution in [3.05, 3.63) is 29.0 Å². The van der Waals surface area contributed by atoms with Gasteiger partial charge in [-0.15, -0.1) is 0 Å². The number of benzene rings is 1. The molecule has 6 nitrogen and oxygen atoms in total. The Morgan fingerprint density at radius 3 is 2.91 bits per heavy atom. The first-order valence-electron chi connectivity index (χ1n) is 7.21. The summed E-state index contributed by atoms with van der Waals surface area (Å²) in [6.45, 7) is 4.06. The van der Waals surface area contributed by atoms with E-state index < -0.39 is 6.10 Å². The second-order valence-electron chi connectivity index (χ2n) is 5.51. The van der Waals surface area contributed by atoms with Gasteiger partial charge in [-0.1, -0.05) is 11.6 Å². The van der Waals surface area contributed by atoms with E-state index in [0.29, 0.717) is 23.8 Å². The number of nitrogens with one attached hydrogen (secondary N) is 2. The molecule has 0 bridgehead atoms. The predicted molar refractivity (Wildman–Crippen MR) is 87.0 cm³/mol. The highest BCUT2D eigenvalue weighted by Gasteiger charge is 2.16. The summed E-state index contributed by atoms with van der Waals surface area (Å²) in [5.74, 6) is 0.676. The summed E-state index contributed by atoms with van der Waals surface area (Å²) in [5.41, 5.74) is 1.65. The molecule has 0 saturated carbocycles. The van der Waals surface area contributed by atoms with Crippen LogP contribution >= 0.6 is 11.6 Å². The molecule has 0 fully saturated rings. The molecule has 0 saturated heterocycles. The number of H-pyrrole nitrogens is 1. The van der Waals surface area contributed by atoms with E-state index in [1.807, 2.05) is 13.0 Å². The molecular weight excluding hydrogens is 304 g/mol. The number of aliphatic hydroxyl groups excluding tert-OH is 1. The number of rotatable bonds is 5. The monoisotopic (exact) mass is 324 g/mol. The first-order valence-corrected chi connectivity index (χ1v) is 7.59. The van der Waals surface area contributed by atoms with Gasteiger partial charge < -0.3 is 20.3 Å². The highest BCUT2D eigenvalue weighted by molar-refractivity contribution is 6.31. The zero-order valence-electron chi connectivity index (χ0n) is 12.9. The first kappa shape index (κ1) is 16.6. The van der Waals surface area contributed by atoms with Gasteiger partial charge in [-0.2, -0.15) is 0 Å². The largest absolute Gasteiger partial charge is 0.393 e. The van der Waals surface area contributed by atoms with E-state index in [2.05, 4.69) is 15.3 Å². The van der Waals surface area contributed by atoms with Gasteiger partial charge in [-0.05, 0) is 38.5 Å². The van der Waals surface area contributed by atoms with E-state index in [4.69, 9.17) is 11.6 Å². The molecule has 1 aromatic carbocycles. The molecule has 0 aliphatic carbocycles. The molecule has 0 radical (unpaired) electrons. The van der Waals surface area contributed by atoms with E-state index in [0.717, 1.165) is 11.0 Å². The van der Waals surface area contributed by atoms with Gasteiger partial charge in [0.25, 0.3) is 0 Å². The Morgan fingerprint density at radius 2 is 2.23 bits per heavy atom. The van der Waals surface area contributed by atoms with Crippen LogP contribution in [0.15, 0.2) is 18.2 Å². The van der Waals surface area contributed by atoms with E-state index in [-0.39, 0.29) is 12.1 Å². The lowest BCUT2D eigenvalue weighted by Gasteiger charge is -2.21. The fourth-order valence-corrected chi connectivity index (χ4v) is 2.22. The van der Waals surface area contributed by atoms with Gasteiger partial charge >= 0.3 is 6.03 Å². The molecule has 1 heterocycles. The molecule has 120 valence electrons. The van der Waals surface area contributed by atoms with Crippen LogP contribution in [0, 0.1) is 0 Å². The number of amides is 2. The number of aromatic nitrogens is 2. The third-order valence-electron chi connectivity index (χ3n) is 3.44. The molecule has 2 atom stereocenters. The maximum Gasteiger partial charge on any atom is 0.317 e. The average molecular weight is 325 g/mol. The number of aromatic amines is 1. The number of urea groups is 1. The first-order chi connectivity index (χ1) is 10.4. The third kappa shape index (κ3) is 4.11. The molecule has 1 aromatic heterocycles. The summed E-state index contributed by atoms with van der Waals surface area (Å²) in [4.78, 5) is 21.2. The Hall–Kier alpha value is -1.79. The average Bonchev–Trinajstić information content (AvgIpc) is 2.87. The summed E-state index contributed by atoms with van der Waals surface area (Å²) >= 11 is 5.95. The van der Waals surface area contributed by atoms with Crippen molar-refractivity contribution in [2.75, 3.05) is 13.6 Å². The molecule has 2 rings (SSSR count). The molecule has 0 aliphatic heterocycles. The number of imidazole rings is 1. The van der Waals surface area contributed by atoms with Crippen LogP contribution in [-0.4, -0.2) is 45.7 Å². The number of hydrogen-bond donors (Lipinski definition) is 3. The topological polar surface area (TPSA) is 81.2 Å². The molecule has 2 unspecified atom stereocenters. The number of carbonyl (C=O) groups excluding carboxylic acids is 1. The fraction of sp³-hybridized carbons (Fsp3) is 0.467. The smallest absolute Gasteiger partial charge is 0.317 e. The van der Waals surface area contributed by atoms with Gasteiger partial charge in [0.05, 0.1) is 23.2 Å². The number of halogens is 1. The predicted octanol–water partition coefficient (Wildman–Crippen LogP) is 2.69. The lowest BCUT2D eigenvalue weighted by atomic mass is 10.3. The molecule has 7 heteroatoms. The third-order valence-corrected chi connectivity index (χ3v) is 3.68. The molecular formula is C15H21ClN4O2. The summed E-state index contributed by atoms with van der Waals surface area (Å²) in [5, 5.41) is 12.8. The van der Waals surface area contributed by atoms with Crippen LogP contribution in [0.25, 0.3) is 11.0 Å². The Labute approximate surface area is 134 Å². The van der Waals surface area contributed by atoms with Crippen molar-refractivity contribution < 1.29 is 9.90 Å². The number of carbonyl (C=O) groups is 1. The Balaban J connectivity index is 2.00. The van der Waals surface area contributed by atoms with Crippen LogP contribution in [0.4, 0.5) is 4.79 Å². The van der Waals surface area contributed by atoms with Gasteiger partial charge in [0.2, 0.25) is 0 Å². The molecule has 22 heavy (non-hydrogen) atoms. The van der Waals surface area contributed by atoms with Gasteiger partial charge in [-0.25, -0.2) is 9.78 Å². The second-order valence-corrected chi connectivity index (χ2v) is 5.95. The Kier molecular flexibility index (Phi) is 5.26. The van der Waals surface area contributed by atoms with Crippen LogP contribution in [0.1, 0.15) is 32.1 Å².